The molecule has 0 radical (unpaired) electrons. The second-order valence-electron chi connectivity index (χ2n) is 7.19. The van der Waals surface area contributed by atoms with Gasteiger partial charge in [0.05, 0.1) is 0 Å². The zero-order chi connectivity index (χ0) is 12.3. The highest BCUT2D eigenvalue weighted by Gasteiger charge is 2.57. The molecule has 4 aliphatic carbocycles. The Bertz CT molecular complexity index is 346. The van der Waals surface area contributed by atoms with E-state index in [1.54, 1.807) is 0 Å². The molecule has 4 saturated carbocycles. The van der Waals surface area contributed by atoms with Gasteiger partial charge in [0.15, 0.2) is 0 Å². The third-order valence-corrected chi connectivity index (χ3v) is 5.88. The molecule has 0 spiro atoms. The highest BCUT2D eigenvalue weighted by atomic mass is 16.2. The third kappa shape index (κ3) is 1.80. The van der Waals surface area contributed by atoms with E-state index in [4.69, 9.17) is 0 Å². The van der Waals surface area contributed by atoms with Gasteiger partial charge in [-0.3, -0.25) is 4.79 Å². The number of carbonyl (C=O) groups is 1. The molecular weight excluding hydrogens is 222 g/mol. The molecule has 2 nitrogen and oxygen atoms in total. The molecule has 0 aromatic carbocycles. The van der Waals surface area contributed by atoms with Crippen molar-refractivity contribution >= 4 is 5.91 Å². The Hall–Kier alpha value is -0.530. The molecule has 2 heteroatoms. The fraction of sp³-hybridized carbons (Fsp3) is 0.938. The van der Waals surface area contributed by atoms with Gasteiger partial charge in [0.2, 0.25) is 5.91 Å². The zero-order valence-corrected chi connectivity index (χ0v) is 11.5. The van der Waals surface area contributed by atoms with Crippen LogP contribution in [0.5, 0.6) is 0 Å². The number of carbonyl (C=O) groups excluding carboxylic acids is 1. The maximum absolute atomic E-state index is 12.9. The van der Waals surface area contributed by atoms with E-state index in [1.807, 2.05) is 0 Å². The van der Waals surface area contributed by atoms with Gasteiger partial charge in [0.25, 0.3) is 0 Å². The molecule has 0 aromatic rings. The first-order chi connectivity index (χ1) is 8.77. The van der Waals surface area contributed by atoms with Crippen LogP contribution in [-0.4, -0.2) is 22.9 Å². The van der Waals surface area contributed by atoms with E-state index in [1.165, 1.54) is 51.4 Å². The van der Waals surface area contributed by atoms with Crippen LogP contribution in [0, 0.1) is 23.7 Å². The molecule has 4 fully saturated rings. The maximum Gasteiger partial charge on any atom is 0.226 e. The summed E-state index contributed by atoms with van der Waals surface area (Å²) in [6.07, 6.45) is 10.6. The molecule has 0 N–H and O–H groups in total. The van der Waals surface area contributed by atoms with Crippen molar-refractivity contribution in [1.29, 1.82) is 0 Å². The standard InChI is InChI=1S/C16H25NO/c1-10(11-6-7-11)17(12-8-9-12)16(18)15-13-4-2-3-5-14(13)15/h10-15H,2-9H2,1H3/t10-,13-,14+,15?/m1/s1. The van der Waals surface area contributed by atoms with Gasteiger partial charge in [0, 0.05) is 18.0 Å². The van der Waals surface area contributed by atoms with Gasteiger partial charge in [-0.2, -0.15) is 0 Å². The highest BCUT2D eigenvalue weighted by molar-refractivity contribution is 5.83. The largest absolute Gasteiger partial charge is 0.336 e. The normalized spacial score (nSPS) is 39.9. The first kappa shape index (κ1) is 11.3. The van der Waals surface area contributed by atoms with Gasteiger partial charge < -0.3 is 4.90 Å². The van der Waals surface area contributed by atoms with E-state index in [-0.39, 0.29) is 0 Å². The molecule has 1 unspecified atom stereocenters. The Balaban J connectivity index is 1.47. The number of rotatable bonds is 4. The average molecular weight is 247 g/mol. The SMILES string of the molecule is C[C@H](C1CC1)N(C(=O)C1[C@H]2CCCC[C@@H]12)C1CC1. The van der Waals surface area contributed by atoms with E-state index >= 15 is 0 Å². The number of hydrogen-bond acceptors (Lipinski definition) is 1. The summed E-state index contributed by atoms with van der Waals surface area (Å²) in [6, 6.07) is 1.16. The molecule has 0 saturated heterocycles. The van der Waals surface area contributed by atoms with Crippen LogP contribution < -0.4 is 0 Å². The van der Waals surface area contributed by atoms with Crippen molar-refractivity contribution in [2.24, 2.45) is 23.7 Å². The quantitative estimate of drug-likeness (QED) is 0.747. The summed E-state index contributed by atoms with van der Waals surface area (Å²) >= 11 is 0. The summed E-state index contributed by atoms with van der Waals surface area (Å²) in [4.78, 5) is 15.2. The van der Waals surface area contributed by atoms with Crippen LogP contribution in [-0.2, 0) is 4.79 Å². The lowest BCUT2D eigenvalue weighted by atomic mass is 10.0. The molecule has 100 valence electrons. The van der Waals surface area contributed by atoms with Gasteiger partial charge in [-0.25, -0.2) is 0 Å². The molecule has 18 heavy (non-hydrogen) atoms. The fourth-order valence-electron chi connectivity index (χ4n) is 4.40. The molecule has 4 atom stereocenters. The Labute approximate surface area is 110 Å². The minimum atomic E-state index is 0.439. The van der Waals surface area contributed by atoms with Gasteiger partial charge in [0.1, 0.15) is 0 Å². The van der Waals surface area contributed by atoms with Crippen LogP contribution >= 0.6 is 0 Å². The molecule has 0 bridgehead atoms. The Morgan fingerprint density at radius 3 is 2.11 bits per heavy atom. The van der Waals surface area contributed by atoms with Crippen LogP contribution in [0.1, 0.15) is 58.3 Å². The first-order valence-corrected chi connectivity index (χ1v) is 8.09. The predicted molar refractivity (Wildman–Crippen MR) is 71.0 cm³/mol. The average Bonchev–Trinajstić information content (AvgIpc) is 3.25. The van der Waals surface area contributed by atoms with Gasteiger partial charge >= 0.3 is 0 Å². The number of nitrogens with zero attached hydrogens (tertiary/aromatic N) is 1. The summed E-state index contributed by atoms with van der Waals surface area (Å²) in [7, 11) is 0. The monoisotopic (exact) mass is 247 g/mol. The lowest BCUT2D eigenvalue weighted by Gasteiger charge is -2.30. The summed E-state index contributed by atoms with van der Waals surface area (Å²) in [6.45, 7) is 2.31. The third-order valence-electron chi connectivity index (χ3n) is 5.88. The van der Waals surface area contributed by atoms with Crippen molar-refractivity contribution in [3.63, 3.8) is 0 Å². The van der Waals surface area contributed by atoms with E-state index in [0.29, 0.717) is 23.9 Å². The number of fused-ring (bicyclic) bond motifs is 1. The topological polar surface area (TPSA) is 20.3 Å². The summed E-state index contributed by atoms with van der Waals surface area (Å²) in [5.74, 6) is 3.37. The van der Waals surface area contributed by atoms with Crippen molar-refractivity contribution in [2.45, 2.75) is 70.4 Å². The first-order valence-electron chi connectivity index (χ1n) is 8.09. The van der Waals surface area contributed by atoms with Crippen LogP contribution in [0.3, 0.4) is 0 Å². The van der Waals surface area contributed by atoms with Crippen molar-refractivity contribution in [2.75, 3.05) is 0 Å². The van der Waals surface area contributed by atoms with Crippen molar-refractivity contribution in [3.05, 3.63) is 0 Å². The minimum absolute atomic E-state index is 0.439. The minimum Gasteiger partial charge on any atom is -0.336 e. The highest BCUT2D eigenvalue weighted by Crippen LogP contribution is 2.57. The smallest absolute Gasteiger partial charge is 0.226 e. The van der Waals surface area contributed by atoms with E-state index in [2.05, 4.69) is 11.8 Å². The molecule has 0 heterocycles. The predicted octanol–water partition coefficient (Wildman–Crippen LogP) is 3.21. The molecule has 4 rings (SSSR count). The summed E-state index contributed by atoms with van der Waals surface area (Å²) in [5, 5.41) is 0. The molecule has 0 aliphatic heterocycles. The molecule has 1 amide bonds. The van der Waals surface area contributed by atoms with Gasteiger partial charge in [-0.05, 0) is 63.2 Å². The summed E-state index contributed by atoms with van der Waals surface area (Å²) < 4.78 is 0. The van der Waals surface area contributed by atoms with Crippen molar-refractivity contribution in [3.8, 4) is 0 Å². The van der Waals surface area contributed by atoms with E-state index in [9.17, 15) is 4.79 Å². The van der Waals surface area contributed by atoms with Gasteiger partial charge in [-0.15, -0.1) is 0 Å². The summed E-state index contributed by atoms with van der Waals surface area (Å²) in [5.41, 5.74) is 0. The second kappa shape index (κ2) is 3.98. The molecular formula is C16H25NO. The van der Waals surface area contributed by atoms with Crippen LogP contribution in [0.4, 0.5) is 0 Å². The van der Waals surface area contributed by atoms with E-state index < -0.39 is 0 Å². The second-order valence-corrected chi connectivity index (χ2v) is 7.19. The zero-order valence-electron chi connectivity index (χ0n) is 11.5. The molecule has 4 aliphatic rings. The van der Waals surface area contributed by atoms with Crippen LogP contribution in [0.25, 0.3) is 0 Å². The van der Waals surface area contributed by atoms with E-state index in [0.717, 1.165) is 17.8 Å². The van der Waals surface area contributed by atoms with Crippen LogP contribution in [0.15, 0.2) is 0 Å². The van der Waals surface area contributed by atoms with Crippen molar-refractivity contribution < 1.29 is 4.79 Å². The number of hydrogen-bond donors (Lipinski definition) is 0. The van der Waals surface area contributed by atoms with Crippen LogP contribution in [0.2, 0.25) is 0 Å². The Kier molecular flexibility index (Phi) is 2.50. The fourth-order valence-corrected chi connectivity index (χ4v) is 4.40. The number of amides is 1. The van der Waals surface area contributed by atoms with Crippen molar-refractivity contribution in [1.82, 2.24) is 4.90 Å². The Morgan fingerprint density at radius 2 is 1.61 bits per heavy atom. The van der Waals surface area contributed by atoms with Gasteiger partial charge in [-0.1, -0.05) is 12.8 Å². The molecule has 0 aromatic heterocycles. The Morgan fingerprint density at radius 1 is 1.00 bits per heavy atom. The lowest BCUT2D eigenvalue weighted by Crippen LogP contribution is -2.43. The maximum atomic E-state index is 12.9. The lowest BCUT2D eigenvalue weighted by molar-refractivity contribution is -0.136.